The molecule has 2 fully saturated rings. The predicted molar refractivity (Wildman–Crippen MR) is 126 cm³/mol. The van der Waals surface area contributed by atoms with Gasteiger partial charge in [0.25, 0.3) is 11.8 Å². The molecule has 1 aliphatic carbocycles. The van der Waals surface area contributed by atoms with Gasteiger partial charge in [-0.1, -0.05) is 38.2 Å². The van der Waals surface area contributed by atoms with Gasteiger partial charge in [0.05, 0.1) is 32.0 Å². The van der Waals surface area contributed by atoms with Crippen molar-refractivity contribution in [1.82, 2.24) is 9.80 Å². The van der Waals surface area contributed by atoms with Crippen molar-refractivity contribution in [2.75, 3.05) is 27.3 Å². The number of ether oxygens (including phenoxy) is 3. The van der Waals surface area contributed by atoms with Crippen molar-refractivity contribution in [3.05, 3.63) is 29.5 Å². The Balaban J connectivity index is 1.77. The van der Waals surface area contributed by atoms with Gasteiger partial charge < -0.3 is 19.1 Å². The van der Waals surface area contributed by atoms with Gasteiger partial charge in [-0.15, -0.1) is 0 Å². The van der Waals surface area contributed by atoms with E-state index in [0.29, 0.717) is 41.4 Å². The van der Waals surface area contributed by atoms with Crippen molar-refractivity contribution >= 4 is 17.4 Å². The molecule has 2 amide bonds. The maximum atomic E-state index is 13.9. The molecule has 2 aliphatic heterocycles. The summed E-state index contributed by atoms with van der Waals surface area (Å²) in [6, 6.07) is 5.39. The third-order valence-electron chi connectivity index (χ3n) is 6.94. The van der Waals surface area contributed by atoms with Crippen molar-refractivity contribution in [3.63, 3.8) is 0 Å². The van der Waals surface area contributed by atoms with Crippen LogP contribution in [0.1, 0.15) is 64.4 Å². The Hall–Kier alpha value is -2.54. The number of rotatable bonds is 5. The van der Waals surface area contributed by atoms with Crippen molar-refractivity contribution in [2.24, 2.45) is 0 Å². The number of carbonyl (C=O) groups is 2. The molecule has 4 rings (SSSR count). The van der Waals surface area contributed by atoms with E-state index in [1.165, 1.54) is 6.42 Å². The molecule has 0 bridgehead atoms. The fraction of sp³-hybridized carbons (Fsp3) is 0.615. The second kappa shape index (κ2) is 10.2. The van der Waals surface area contributed by atoms with E-state index in [9.17, 15) is 9.59 Å². The van der Waals surface area contributed by atoms with E-state index in [1.807, 2.05) is 24.8 Å². The van der Waals surface area contributed by atoms with E-state index < -0.39 is 0 Å². The molecule has 180 valence electrons. The number of imide groups is 1. The second-order valence-corrected chi connectivity index (χ2v) is 9.43. The number of hydrogen-bond acceptors (Lipinski definition) is 6. The fourth-order valence-corrected chi connectivity index (χ4v) is 5.47. The van der Waals surface area contributed by atoms with Gasteiger partial charge in [0.2, 0.25) is 0 Å². The Bertz CT molecular complexity index is 909. The standard InChI is InChI=1S/C26H36N2O5/c1-17-15-27(16-18(2)33-17)24-23(19-12-13-21(31-3)22(14-19)32-4)25(29)28(26(24)30)20-10-8-6-5-7-9-11-20/h12-14,17-18,20H,5-11,15-16H2,1-4H3. The summed E-state index contributed by atoms with van der Waals surface area (Å²) in [5.41, 5.74) is 1.64. The zero-order valence-electron chi connectivity index (χ0n) is 20.3. The van der Waals surface area contributed by atoms with Crippen molar-refractivity contribution in [1.29, 1.82) is 0 Å². The topological polar surface area (TPSA) is 68.3 Å². The number of hydrogen-bond donors (Lipinski definition) is 0. The predicted octanol–water partition coefficient (Wildman–Crippen LogP) is 4.01. The van der Waals surface area contributed by atoms with E-state index in [2.05, 4.69) is 0 Å². The summed E-state index contributed by atoms with van der Waals surface area (Å²) >= 11 is 0. The Morgan fingerprint density at radius 2 is 1.45 bits per heavy atom. The van der Waals surface area contributed by atoms with Crippen LogP contribution in [-0.4, -0.2) is 67.2 Å². The zero-order chi connectivity index (χ0) is 23.5. The maximum absolute atomic E-state index is 13.9. The van der Waals surface area contributed by atoms with Gasteiger partial charge in [-0.05, 0) is 44.4 Å². The summed E-state index contributed by atoms with van der Waals surface area (Å²) in [5.74, 6) is 0.761. The van der Waals surface area contributed by atoms with E-state index in [-0.39, 0.29) is 30.1 Å². The van der Waals surface area contributed by atoms with Gasteiger partial charge in [0, 0.05) is 19.1 Å². The molecular weight excluding hydrogens is 420 g/mol. The molecule has 2 unspecified atom stereocenters. The number of methoxy groups -OCH3 is 2. The number of carbonyl (C=O) groups excluding carboxylic acids is 2. The van der Waals surface area contributed by atoms with Crippen LogP contribution >= 0.6 is 0 Å². The Morgan fingerprint density at radius 1 is 0.848 bits per heavy atom. The first-order chi connectivity index (χ1) is 15.9. The SMILES string of the molecule is COc1ccc(C2=C(N3CC(C)OC(C)C3)C(=O)N(C3CCCCCCC3)C2=O)cc1OC. The zero-order valence-corrected chi connectivity index (χ0v) is 20.3. The summed E-state index contributed by atoms with van der Waals surface area (Å²) in [4.78, 5) is 31.4. The first-order valence-electron chi connectivity index (χ1n) is 12.2. The lowest BCUT2D eigenvalue weighted by atomic mass is 9.95. The van der Waals surface area contributed by atoms with E-state index in [1.54, 1.807) is 31.3 Å². The molecule has 0 spiro atoms. The van der Waals surface area contributed by atoms with Crippen LogP contribution in [0.4, 0.5) is 0 Å². The van der Waals surface area contributed by atoms with Crippen LogP contribution in [0.25, 0.3) is 5.57 Å². The molecule has 7 heteroatoms. The molecule has 1 aromatic rings. The number of morpholine rings is 1. The minimum atomic E-state index is -0.195. The van der Waals surface area contributed by atoms with Crippen LogP contribution < -0.4 is 9.47 Å². The molecule has 33 heavy (non-hydrogen) atoms. The number of amides is 2. The molecule has 1 aromatic carbocycles. The molecule has 7 nitrogen and oxygen atoms in total. The highest BCUT2D eigenvalue weighted by Gasteiger charge is 2.45. The molecule has 1 saturated carbocycles. The molecule has 0 aromatic heterocycles. The average molecular weight is 457 g/mol. The Labute approximate surface area is 196 Å². The molecule has 2 heterocycles. The Kier molecular flexibility index (Phi) is 7.27. The summed E-state index contributed by atoms with van der Waals surface area (Å²) in [7, 11) is 3.16. The highest BCUT2D eigenvalue weighted by atomic mass is 16.5. The van der Waals surface area contributed by atoms with Crippen molar-refractivity contribution in [2.45, 2.75) is 77.0 Å². The number of nitrogens with zero attached hydrogens (tertiary/aromatic N) is 2. The molecule has 0 N–H and O–H groups in total. The lowest BCUT2D eigenvalue weighted by Crippen LogP contribution is -2.48. The van der Waals surface area contributed by atoms with Gasteiger partial charge in [-0.25, -0.2) is 0 Å². The molecule has 2 atom stereocenters. The fourth-order valence-electron chi connectivity index (χ4n) is 5.47. The molecule has 3 aliphatic rings. The Morgan fingerprint density at radius 3 is 2.06 bits per heavy atom. The first-order valence-corrected chi connectivity index (χ1v) is 12.2. The normalized spacial score (nSPS) is 25.3. The summed E-state index contributed by atoms with van der Waals surface area (Å²) < 4.78 is 16.8. The summed E-state index contributed by atoms with van der Waals surface area (Å²) in [6.07, 6.45) is 7.36. The van der Waals surface area contributed by atoms with Crippen molar-refractivity contribution < 1.29 is 23.8 Å². The summed E-state index contributed by atoms with van der Waals surface area (Å²) in [5, 5.41) is 0. The maximum Gasteiger partial charge on any atom is 0.278 e. The third kappa shape index (κ3) is 4.74. The lowest BCUT2D eigenvalue weighted by Gasteiger charge is -2.37. The van der Waals surface area contributed by atoms with Crippen LogP contribution in [0.2, 0.25) is 0 Å². The van der Waals surface area contributed by atoms with Crippen LogP contribution in [0.15, 0.2) is 23.9 Å². The van der Waals surface area contributed by atoms with Gasteiger partial charge in [0.1, 0.15) is 5.70 Å². The highest BCUT2D eigenvalue weighted by Crippen LogP contribution is 2.39. The first kappa shape index (κ1) is 23.6. The quantitative estimate of drug-likeness (QED) is 0.624. The van der Waals surface area contributed by atoms with E-state index in [0.717, 1.165) is 38.5 Å². The van der Waals surface area contributed by atoms with Gasteiger partial charge in [-0.3, -0.25) is 14.5 Å². The van der Waals surface area contributed by atoms with Gasteiger partial charge in [-0.2, -0.15) is 0 Å². The lowest BCUT2D eigenvalue weighted by molar-refractivity contribution is -0.141. The van der Waals surface area contributed by atoms with E-state index in [4.69, 9.17) is 14.2 Å². The largest absolute Gasteiger partial charge is 0.493 e. The highest BCUT2D eigenvalue weighted by molar-refractivity contribution is 6.35. The minimum Gasteiger partial charge on any atom is -0.493 e. The molecule has 1 saturated heterocycles. The summed E-state index contributed by atoms with van der Waals surface area (Å²) in [6.45, 7) is 5.17. The average Bonchev–Trinajstić information content (AvgIpc) is 3.03. The monoisotopic (exact) mass is 456 g/mol. The third-order valence-corrected chi connectivity index (χ3v) is 6.94. The minimum absolute atomic E-state index is 0.0220. The van der Waals surface area contributed by atoms with Crippen LogP contribution in [0.3, 0.4) is 0 Å². The van der Waals surface area contributed by atoms with Crippen LogP contribution in [0, 0.1) is 0 Å². The van der Waals surface area contributed by atoms with Crippen LogP contribution in [0.5, 0.6) is 11.5 Å². The van der Waals surface area contributed by atoms with Gasteiger partial charge in [0.15, 0.2) is 11.5 Å². The van der Waals surface area contributed by atoms with E-state index >= 15 is 0 Å². The van der Waals surface area contributed by atoms with Gasteiger partial charge >= 0.3 is 0 Å². The number of benzene rings is 1. The molecular formula is C26H36N2O5. The second-order valence-electron chi connectivity index (χ2n) is 9.43. The smallest absolute Gasteiger partial charge is 0.278 e. The molecule has 0 radical (unpaired) electrons. The van der Waals surface area contributed by atoms with Crippen LogP contribution in [-0.2, 0) is 14.3 Å². The van der Waals surface area contributed by atoms with Crippen molar-refractivity contribution in [3.8, 4) is 11.5 Å².